The van der Waals surface area contributed by atoms with E-state index in [2.05, 4.69) is 25.8 Å². The number of hydrogen-bond donors (Lipinski definition) is 2. The molecule has 154 valence electrons. The number of guanidine groups is 1. The fourth-order valence-electron chi connectivity index (χ4n) is 2.40. The summed E-state index contributed by atoms with van der Waals surface area (Å²) in [5.74, 6) is 3.88. The minimum absolute atomic E-state index is 0.0768. The van der Waals surface area contributed by atoms with Crippen LogP contribution in [0, 0.1) is 0 Å². The largest absolute Gasteiger partial charge is 0.497 e. The standard InChI is InChI=1S/C20H31N5O3/c1-6-21-20(22-11-10-18-24-19(14(2)3)25-28-18)23-13-15(4)27-17-9-7-8-16(12-17)26-5/h7-9,12,14-15H,6,10-11,13H2,1-5H3,(H2,21,22,23). The van der Waals surface area contributed by atoms with Crippen LogP contribution in [0.4, 0.5) is 0 Å². The van der Waals surface area contributed by atoms with Crippen LogP contribution in [0.25, 0.3) is 0 Å². The van der Waals surface area contributed by atoms with Crippen molar-refractivity contribution in [2.75, 3.05) is 26.7 Å². The fourth-order valence-corrected chi connectivity index (χ4v) is 2.40. The van der Waals surface area contributed by atoms with Gasteiger partial charge in [-0.3, -0.25) is 0 Å². The number of rotatable bonds is 10. The topological polar surface area (TPSA) is 93.8 Å². The number of aliphatic imine (C=N–C) groups is 1. The van der Waals surface area contributed by atoms with E-state index in [1.54, 1.807) is 7.11 Å². The molecule has 0 saturated carbocycles. The Hall–Kier alpha value is -2.77. The van der Waals surface area contributed by atoms with Gasteiger partial charge in [-0.15, -0.1) is 0 Å². The first-order valence-corrected chi connectivity index (χ1v) is 9.67. The fraction of sp³-hybridized carbons (Fsp3) is 0.550. The molecule has 0 saturated heterocycles. The summed E-state index contributed by atoms with van der Waals surface area (Å²) >= 11 is 0. The Bertz CT molecular complexity index is 745. The summed E-state index contributed by atoms with van der Waals surface area (Å²) in [4.78, 5) is 8.97. The van der Waals surface area contributed by atoms with Crippen molar-refractivity contribution in [1.82, 2.24) is 20.8 Å². The van der Waals surface area contributed by atoms with E-state index in [-0.39, 0.29) is 12.0 Å². The minimum Gasteiger partial charge on any atom is -0.497 e. The molecule has 1 aromatic carbocycles. The highest BCUT2D eigenvalue weighted by Crippen LogP contribution is 2.19. The van der Waals surface area contributed by atoms with Crippen LogP contribution >= 0.6 is 0 Å². The van der Waals surface area contributed by atoms with Crippen LogP contribution in [-0.2, 0) is 6.42 Å². The van der Waals surface area contributed by atoms with Gasteiger partial charge in [-0.25, -0.2) is 4.99 Å². The summed E-state index contributed by atoms with van der Waals surface area (Å²) in [7, 11) is 1.64. The van der Waals surface area contributed by atoms with E-state index in [4.69, 9.17) is 14.0 Å². The first-order chi connectivity index (χ1) is 13.5. The number of methoxy groups -OCH3 is 1. The van der Waals surface area contributed by atoms with Crippen molar-refractivity contribution < 1.29 is 14.0 Å². The van der Waals surface area contributed by atoms with E-state index in [0.29, 0.717) is 25.4 Å². The van der Waals surface area contributed by atoms with Crippen LogP contribution in [0.2, 0.25) is 0 Å². The van der Waals surface area contributed by atoms with Gasteiger partial charge in [-0.2, -0.15) is 4.98 Å². The average Bonchev–Trinajstić information content (AvgIpc) is 3.15. The molecule has 0 amide bonds. The Labute approximate surface area is 166 Å². The van der Waals surface area contributed by atoms with Gasteiger partial charge in [0.2, 0.25) is 5.89 Å². The number of ether oxygens (including phenoxy) is 2. The van der Waals surface area contributed by atoms with Crippen LogP contribution in [0.5, 0.6) is 11.5 Å². The van der Waals surface area contributed by atoms with Crippen LogP contribution in [0.3, 0.4) is 0 Å². The molecule has 2 N–H and O–H groups in total. The Morgan fingerprint density at radius 1 is 1.21 bits per heavy atom. The van der Waals surface area contributed by atoms with Gasteiger partial charge in [-0.05, 0) is 26.0 Å². The smallest absolute Gasteiger partial charge is 0.228 e. The molecular weight excluding hydrogens is 358 g/mol. The van der Waals surface area contributed by atoms with Gasteiger partial charge < -0.3 is 24.6 Å². The lowest BCUT2D eigenvalue weighted by Crippen LogP contribution is -2.39. The number of nitrogens with one attached hydrogen (secondary N) is 2. The number of hydrogen-bond acceptors (Lipinski definition) is 6. The third-order valence-corrected chi connectivity index (χ3v) is 3.86. The Balaban J connectivity index is 1.82. The highest BCUT2D eigenvalue weighted by molar-refractivity contribution is 5.79. The number of nitrogens with zero attached hydrogens (tertiary/aromatic N) is 3. The third kappa shape index (κ3) is 7.09. The quantitative estimate of drug-likeness (QED) is 0.477. The van der Waals surface area contributed by atoms with E-state index in [0.717, 1.165) is 29.8 Å². The number of benzene rings is 1. The maximum absolute atomic E-state index is 5.91. The van der Waals surface area contributed by atoms with Gasteiger partial charge in [0.1, 0.15) is 17.6 Å². The molecule has 0 radical (unpaired) electrons. The van der Waals surface area contributed by atoms with Crippen LogP contribution in [0.15, 0.2) is 33.8 Å². The molecule has 0 bridgehead atoms. The van der Waals surface area contributed by atoms with Crippen molar-refractivity contribution in [3.8, 4) is 11.5 Å². The Morgan fingerprint density at radius 2 is 2.00 bits per heavy atom. The molecule has 1 atom stereocenters. The summed E-state index contributed by atoms with van der Waals surface area (Å²) in [6.07, 6.45) is 0.562. The lowest BCUT2D eigenvalue weighted by molar-refractivity contribution is 0.229. The molecule has 8 nitrogen and oxygen atoms in total. The molecule has 0 aliphatic heterocycles. The molecule has 1 aromatic heterocycles. The van der Waals surface area contributed by atoms with Gasteiger partial charge >= 0.3 is 0 Å². The van der Waals surface area contributed by atoms with Crippen molar-refractivity contribution in [2.24, 2.45) is 4.99 Å². The molecule has 28 heavy (non-hydrogen) atoms. The third-order valence-electron chi connectivity index (χ3n) is 3.86. The summed E-state index contributed by atoms with van der Waals surface area (Å²) < 4.78 is 16.4. The molecular formula is C20H31N5O3. The average molecular weight is 390 g/mol. The Morgan fingerprint density at radius 3 is 2.68 bits per heavy atom. The van der Waals surface area contributed by atoms with E-state index < -0.39 is 0 Å². The molecule has 8 heteroatoms. The SMILES string of the molecule is CCNC(=NCC(C)Oc1cccc(OC)c1)NCCc1nc(C(C)C)no1. The summed E-state index contributed by atoms with van der Waals surface area (Å²) in [6.45, 7) is 10.0. The second-order valence-electron chi connectivity index (χ2n) is 6.70. The van der Waals surface area contributed by atoms with Gasteiger partial charge in [0.05, 0.1) is 13.7 Å². The highest BCUT2D eigenvalue weighted by atomic mass is 16.5. The van der Waals surface area contributed by atoms with Crippen LogP contribution in [-0.4, -0.2) is 48.9 Å². The monoisotopic (exact) mass is 389 g/mol. The van der Waals surface area contributed by atoms with E-state index >= 15 is 0 Å². The first kappa shape index (κ1) is 21.5. The first-order valence-electron chi connectivity index (χ1n) is 9.67. The normalized spacial score (nSPS) is 12.7. The van der Waals surface area contributed by atoms with E-state index in [1.165, 1.54) is 0 Å². The maximum Gasteiger partial charge on any atom is 0.228 e. The summed E-state index contributed by atoms with van der Waals surface area (Å²) in [5.41, 5.74) is 0. The zero-order valence-corrected chi connectivity index (χ0v) is 17.4. The molecule has 1 heterocycles. The lowest BCUT2D eigenvalue weighted by Gasteiger charge is -2.15. The predicted molar refractivity (Wildman–Crippen MR) is 109 cm³/mol. The Kier molecular flexibility index (Phi) is 8.58. The van der Waals surface area contributed by atoms with Gasteiger partial charge in [0.25, 0.3) is 0 Å². The molecule has 2 aromatic rings. The molecule has 1 unspecified atom stereocenters. The molecule has 2 rings (SSSR count). The maximum atomic E-state index is 5.91. The van der Waals surface area contributed by atoms with E-state index in [9.17, 15) is 0 Å². The molecule has 0 fully saturated rings. The molecule has 0 aliphatic carbocycles. The minimum atomic E-state index is -0.0768. The van der Waals surface area contributed by atoms with Crippen LogP contribution in [0.1, 0.15) is 45.3 Å². The summed E-state index contributed by atoms with van der Waals surface area (Å²) in [6, 6.07) is 7.55. The van der Waals surface area contributed by atoms with Crippen molar-refractivity contribution in [3.05, 3.63) is 36.0 Å². The van der Waals surface area contributed by atoms with Crippen molar-refractivity contribution in [1.29, 1.82) is 0 Å². The van der Waals surface area contributed by atoms with Crippen molar-refractivity contribution in [2.45, 2.75) is 46.1 Å². The van der Waals surface area contributed by atoms with Gasteiger partial charge in [0, 0.05) is 31.5 Å². The number of aromatic nitrogens is 2. The molecule has 0 spiro atoms. The zero-order valence-electron chi connectivity index (χ0n) is 17.4. The van der Waals surface area contributed by atoms with Gasteiger partial charge in [0.15, 0.2) is 11.8 Å². The summed E-state index contributed by atoms with van der Waals surface area (Å²) in [5, 5.41) is 10.5. The predicted octanol–water partition coefficient (Wildman–Crippen LogP) is 2.77. The lowest BCUT2D eigenvalue weighted by atomic mass is 10.2. The highest BCUT2D eigenvalue weighted by Gasteiger charge is 2.10. The molecule has 0 aliphatic rings. The van der Waals surface area contributed by atoms with E-state index in [1.807, 2.05) is 52.0 Å². The van der Waals surface area contributed by atoms with Crippen molar-refractivity contribution >= 4 is 5.96 Å². The zero-order chi connectivity index (χ0) is 20.4. The second kappa shape index (κ2) is 11.2. The van der Waals surface area contributed by atoms with Gasteiger partial charge in [-0.1, -0.05) is 25.1 Å². The van der Waals surface area contributed by atoms with Crippen LogP contribution < -0.4 is 20.1 Å². The second-order valence-corrected chi connectivity index (χ2v) is 6.70. The van der Waals surface area contributed by atoms with Crippen molar-refractivity contribution in [3.63, 3.8) is 0 Å².